The van der Waals surface area contributed by atoms with Gasteiger partial charge in [-0.05, 0) is 54.4 Å². The number of rotatable bonds is 8. The zero-order valence-corrected chi connectivity index (χ0v) is 15.6. The SMILES string of the molecule is CCOc1c(Br)cc(CNCc2nncn2C(C)C)cc1OC. The van der Waals surface area contributed by atoms with Crippen LogP contribution in [0.25, 0.3) is 0 Å². The third kappa shape index (κ3) is 4.45. The van der Waals surface area contributed by atoms with E-state index in [-0.39, 0.29) is 0 Å². The summed E-state index contributed by atoms with van der Waals surface area (Å²) in [5.41, 5.74) is 1.10. The Kier molecular flexibility index (Phi) is 6.41. The van der Waals surface area contributed by atoms with Gasteiger partial charge in [0.2, 0.25) is 0 Å². The predicted molar refractivity (Wildman–Crippen MR) is 92.8 cm³/mol. The first kappa shape index (κ1) is 17.7. The van der Waals surface area contributed by atoms with Gasteiger partial charge >= 0.3 is 0 Å². The van der Waals surface area contributed by atoms with Crippen LogP contribution in [0.3, 0.4) is 0 Å². The minimum Gasteiger partial charge on any atom is -0.493 e. The normalized spacial score (nSPS) is 11.0. The van der Waals surface area contributed by atoms with E-state index in [0.717, 1.165) is 27.4 Å². The lowest BCUT2D eigenvalue weighted by molar-refractivity contribution is 0.308. The molecule has 0 radical (unpaired) electrons. The van der Waals surface area contributed by atoms with Crippen LogP contribution in [0.5, 0.6) is 11.5 Å². The van der Waals surface area contributed by atoms with E-state index < -0.39 is 0 Å². The van der Waals surface area contributed by atoms with E-state index in [0.29, 0.717) is 25.7 Å². The summed E-state index contributed by atoms with van der Waals surface area (Å²) in [6.07, 6.45) is 1.76. The maximum absolute atomic E-state index is 5.61. The second-order valence-corrected chi connectivity index (χ2v) is 6.25. The highest BCUT2D eigenvalue weighted by atomic mass is 79.9. The van der Waals surface area contributed by atoms with E-state index in [1.807, 2.05) is 19.1 Å². The molecule has 1 aromatic carbocycles. The predicted octanol–water partition coefficient (Wildman–Crippen LogP) is 3.32. The van der Waals surface area contributed by atoms with Crippen molar-refractivity contribution < 1.29 is 9.47 Å². The van der Waals surface area contributed by atoms with Gasteiger partial charge in [0.05, 0.1) is 24.7 Å². The molecule has 0 bridgehead atoms. The summed E-state index contributed by atoms with van der Waals surface area (Å²) in [7, 11) is 1.65. The van der Waals surface area contributed by atoms with Gasteiger partial charge in [-0.1, -0.05) is 0 Å². The van der Waals surface area contributed by atoms with Gasteiger partial charge in [-0.3, -0.25) is 0 Å². The Balaban J connectivity index is 2.03. The Bertz CT molecular complexity index is 643. The highest BCUT2D eigenvalue weighted by molar-refractivity contribution is 9.10. The molecule has 126 valence electrons. The molecule has 0 saturated heterocycles. The van der Waals surface area contributed by atoms with Gasteiger partial charge < -0.3 is 19.4 Å². The third-order valence-corrected chi connectivity index (χ3v) is 3.98. The fourth-order valence-electron chi connectivity index (χ4n) is 2.30. The minimum atomic E-state index is 0.349. The van der Waals surface area contributed by atoms with Crippen LogP contribution < -0.4 is 14.8 Å². The van der Waals surface area contributed by atoms with Crippen molar-refractivity contribution in [1.29, 1.82) is 0 Å². The van der Waals surface area contributed by atoms with Crippen LogP contribution in [-0.2, 0) is 13.1 Å². The van der Waals surface area contributed by atoms with Gasteiger partial charge in [0, 0.05) is 12.6 Å². The second-order valence-electron chi connectivity index (χ2n) is 5.39. The van der Waals surface area contributed by atoms with Gasteiger partial charge in [0.1, 0.15) is 12.2 Å². The summed E-state index contributed by atoms with van der Waals surface area (Å²) < 4.78 is 14.0. The van der Waals surface area contributed by atoms with Crippen LogP contribution in [-0.4, -0.2) is 28.5 Å². The number of nitrogens with one attached hydrogen (secondary N) is 1. The monoisotopic (exact) mass is 382 g/mol. The van der Waals surface area contributed by atoms with Gasteiger partial charge in [0.15, 0.2) is 11.5 Å². The molecule has 6 nitrogen and oxygen atoms in total. The van der Waals surface area contributed by atoms with E-state index in [1.165, 1.54) is 0 Å². The first-order chi connectivity index (χ1) is 11.1. The van der Waals surface area contributed by atoms with Gasteiger partial charge in [-0.15, -0.1) is 10.2 Å². The van der Waals surface area contributed by atoms with Crippen molar-refractivity contribution in [2.75, 3.05) is 13.7 Å². The number of ether oxygens (including phenoxy) is 2. The van der Waals surface area contributed by atoms with Crippen molar-refractivity contribution in [3.8, 4) is 11.5 Å². The molecule has 0 atom stereocenters. The van der Waals surface area contributed by atoms with Crippen molar-refractivity contribution in [3.05, 3.63) is 34.3 Å². The summed E-state index contributed by atoms with van der Waals surface area (Å²) in [5, 5.41) is 11.5. The average Bonchev–Trinajstić information content (AvgIpc) is 2.98. The molecule has 0 aliphatic heterocycles. The Morgan fingerprint density at radius 3 is 2.74 bits per heavy atom. The highest BCUT2D eigenvalue weighted by Gasteiger charge is 2.12. The summed E-state index contributed by atoms with van der Waals surface area (Å²) in [6.45, 7) is 8.13. The molecule has 2 rings (SSSR count). The number of methoxy groups -OCH3 is 1. The van der Waals surface area contributed by atoms with Crippen LogP contribution in [0.4, 0.5) is 0 Å². The molecule has 0 unspecified atom stereocenters. The molecular formula is C16H23BrN4O2. The number of hydrogen-bond donors (Lipinski definition) is 1. The lowest BCUT2D eigenvalue weighted by atomic mass is 10.2. The molecule has 0 amide bonds. The molecule has 1 heterocycles. The molecular weight excluding hydrogens is 360 g/mol. The lowest BCUT2D eigenvalue weighted by Crippen LogP contribution is -2.17. The summed E-state index contributed by atoms with van der Waals surface area (Å²) in [4.78, 5) is 0. The van der Waals surface area contributed by atoms with Crippen LogP contribution in [0, 0.1) is 0 Å². The molecule has 1 aromatic heterocycles. The number of aromatic nitrogens is 3. The Labute approximate surface area is 145 Å². The fraction of sp³-hybridized carbons (Fsp3) is 0.500. The fourth-order valence-corrected chi connectivity index (χ4v) is 2.91. The largest absolute Gasteiger partial charge is 0.493 e. The van der Waals surface area contributed by atoms with Crippen molar-refractivity contribution in [1.82, 2.24) is 20.1 Å². The maximum Gasteiger partial charge on any atom is 0.175 e. The van der Waals surface area contributed by atoms with Gasteiger partial charge in [-0.25, -0.2) is 0 Å². The van der Waals surface area contributed by atoms with E-state index in [4.69, 9.17) is 9.47 Å². The Morgan fingerprint density at radius 1 is 1.30 bits per heavy atom. The molecule has 0 fully saturated rings. The van der Waals surface area contributed by atoms with E-state index in [9.17, 15) is 0 Å². The van der Waals surface area contributed by atoms with Crippen LogP contribution >= 0.6 is 15.9 Å². The molecule has 7 heteroatoms. The molecule has 1 N–H and O–H groups in total. The molecule has 0 saturated carbocycles. The number of benzene rings is 1. The van der Waals surface area contributed by atoms with Gasteiger partial charge in [-0.2, -0.15) is 0 Å². The van der Waals surface area contributed by atoms with Crippen molar-refractivity contribution in [3.63, 3.8) is 0 Å². The van der Waals surface area contributed by atoms with Crippen molar-refractivity contribution >= 4 is 15.9 Å². The lowest BCUT2D eigenvalue weighted by Gasteiger charge is -2.14. The van der Waals surface area contributed by atoms with Crippen molar-refractivity contribution in [2.24, 2.45) is 0 Å². The zero-order valence-electron chi connectivity index (χ0n) is 14.0. The molecule has 0 aliphatic rings. The number of hydrogen-bond acceptors (Lipinski definition) is 5. The standard InChI is InChI=1S/C16H23BrN4O2/c1-5-23-16-13(17)6-12(7-14(16)22-4)8-18-9-15-20-19-10-21(15)11(2)3/h6-7,10-11,18H,5,8-9H2,1-4H3. The van der Waals surface area contributed by atoms with Crippen LogP contribution in [0.2, 0.25) is 0 Å². The highest BCUT2D eigenvalue weighted by Crippen LogP contribution is 2.36. The first-order valence-electron chi connectivity index (χ1n) is 7.65. The summed E-state index contributed by atoms with van der Waals surface area (Å²) in [5.74, 6) is 2.39. The van der Waals surface area contributed by atoms with E-state index in [2.05, 4.69) is 49.9 Å². The van der Waals surface area contributed by atoms with E-state index >= 15 is 0 Å². The molecule has 2 aromatic rings. The average molecular weight is 383 g/mol. The van der Waals surface area contributed by atoms with Crippen LogP contribution in [0.15, 0.2) is 22.9 Å². The van der Waals surface area contributed by atoms with Crippen LogP contribution in [0.1, 0.15) is 38.2 Å². The maximum atomic E-state index is 5.61. The smallest absolute Gasteiger partial charge is 0.175 e. The number of halogens is 1. The zero-order chi connectivity index (χ0) is 16.8. The van der Waals surface area contributed by atoms with Gasteiger partial charge in [0.25, 0.3) is 0 Å². The minimum absolute atomic E-state index is 0.349. The molecule has 23 heavy (non-hydrogen) atoms. The Hall–Kier alpha value is -1.60. The first-order valence-corrected chi connectivity index (χ1v) is 8.44. The molecule has 0 spiro atoms. The van der Waals surface area contributed by atoms with Crippen molar-refractivity contribution in [2.45, 2.75) is 39.9 Å². The van der Waals surface area contributed by atoms with E-state index in [1.54, 1.807) is 13.4 Å². The summed E-state index contributed by atoms with van der Waals surface area (Å²) >= 11 is 3.54. The quantitative estimate of drug-likeness (QED) is 0.758. The number of nitrogens with zero attached hydrogens (tertiary/aromatic N) is 3. The summed E-state index contributed by atoms with van der Waals surface area (Å²) in [6, 6.07) is 4.37. The third-order valence-electron chi connectivity index (χ3n) is 3.39. The molecule has 0 aliphatic carbocycles. The Morgan fingerprint density at radius 2 is 2.09 bits per heavy atom. The topological polar surface area (TPSA) is 61.2 Å². The second kappa shape index (κ2) is 8.31.